The molecule has 2 atom stereocenters. The van der Waals surface area contributed by atoms with Crippen LogP contribution < -0.4 is 0 Å². The first-order chi connectivity index (χ1) is 7.97. The van der Waals surface area contributed by atoms with Gasteiger partial charge >= 0.3 is 12.3 Å². The van der Waals surface area contributed by atoms with Crippen molar-refractivity contribution in [2.45, 2.75) is 22.6 Å². The van der Waals surface area contributed by atoms with E-state index in [9.17, 15) is 18.0 Å². The fourth-order valence-electron chi connectivity index (χ4n) is 1.28. The van der Waals surface area contributed by atoms with Crippen LogP contribution in [0.3, 0.4) is 0 Å². The van der Waals surface area contributed by atoms with Gasteiger partial charge in [-0.15, -0.1) is 0 Å². The minimum atomic E-state index is -4.63. The Balaban J connectivity index is 2.12. The second-order valence-electron chi connectivity index (χ2n) is 3.25. The molecule has 0 N–H and O–H groups in total. The van der Waals surface area contributed by atoms with E-state index in [0.717, 1.165) is 11.8 Å². The molecule has 1 heterocycles. The van der Waals surface area contributed by atoms with E-state index in [1.54, 1.807) is 30.3 Å². The average Bonchev–Trinajstić information content (AvgIpc) is 2.60. The fraction of sp³-hybridized carbons (Fsp3) is 0.300. The summed E-state index contributed by atoms with van der Waals surface area (Å²) in [6.45, 7) is 0. The fourth-order valence-corrected chi connectivity index (χ4v) is 2.33. The minimum Gasteiger partial charge on any atom is -0.416 e. The lowest BCUT2D eigenvalue weighted by molar-refractivity contribution is -0.196. The van der Waals surface area contributed by atoms with Crippen LogP contribution in [0.5, 0.6) is 0 Å². The van der Waals surface area contributed by atoms with Gasteiger partial charge in [0.25, 0.3) is 0 Å². The van der Waals surface area contributed by atoms with Crippen LogP contribution in [0.25, 0.3) is 0 Å². The highest BCUT2D eigenvalue weighted by atomic mass is 32.2. The van der Waals surface area contributed by atoms with Crippen molar-refractivity contribution in [1.29, 1.82) is 0 Å². The first-order valence-corrected chi connectivity index (χ1v) is 5.50. The van der Waals surface area contributed by atoms with Crippen molar-refractivity contribution in [2.75, 3.05) is 0 Å². The quantitative estimate of drug-likeness (QED) is 0.768. The summed E-state index contributed by atoms with van der Waals surface area (Å²) in [7, 11) is 0. The molecule has 1 fully saturated rings. The van der Waals surface area contributed by atoms with Crippen LogP contribution in [0.15, 0.2) is 35.2 Å². The van der Waals surface area contributed by atoms with E-state index in [2.05, 4.69) is 9.47 Å². The van der Waals surface area contributed by atoms with E-state index in [1.807, 2.05) is 0 Å². The number of hydrogen-bond acceptors (Lipinski definition) is 4. The smallest absolute Gasteiger partial charge is 0.416 e. The van der Waals surface area contributed by atoms with E-state index in [1.165, 1.54) is 0 Å². The van der Waals surface area contributed by atoms with Crippen molar-refractivity contribution in [1.82, 2.24) is 0 Å². The van der Waals surface area contributed by atoms with Crippen LogP contribution in [0.4, 0.5) is 18.0 Å². The normalized spacial score (nSPS) is 24.3. The summed E-state index contributed by atoms with van der Waals surface area (Å²) in [4.78, 5) is 11.3. The Morgan fingerprint density at radius 1 is 1.12 bits per heavy atom. The van der Waals surface area contributed by atoms with Crippen molar-refractivity contribution in [3.63, 3.8) is 0 Å². The monoisotopic (exact) mass is 264 g/mol. The maximum Gasteiger partial charge on any atom is 0.510 e. The molecule has 0 aromatic heterocycles. The molecule has 1 aromatic rings. The van der Waals surface area contributed by atoms with Crippen LogP contribution in [0.2, 0.25) is 0 Å². The lowest BCUT2D eigenvalue weighted by Crippen LogP contribution is -2.35. The number of carbonyl (C=O) groups excluding carboxylic acids is 1. The Morgan fingerprint density at radius 3 is 2.35 bits per heavy atom. The predicted octanol–water partition coefficient (Wildman–Crippen LogP) is 3.20. The van der Waals surface area contributed by atoms with Gasteiger partial charge in [0.15, 0.2) is 0 Å². The summed E-state index contributed by atoms with van der Waals surface area (Å²) in [5.41, 5.74) is -1.40. The summed E-state index contributed by atoms with van der Waals surface area (Å²) in [6.07, 6.45) is -8.14. The standard InChI is InChI=1S/C10H7F3O3S/c11-10(12,13)7-8(16-9(14)15-7)17-6-4-2-1-3-5-6/h1-5,7-8H/t7-,8+/m0/s1. The topological polar surface area (TPSA) is 35.5 Å². The van der Waals surface area contributed by atoms with Gasteiger partial charge in [0, 0.05) is 4.90 Å². The molecule has 0 radical (unpaired) electrons. The maximum absolute atomic E-state index is 12.5. The van der Waals surface area contributed by atoms with Gasteiger partial charge in [0.1, 0.15) is 0 Å². The Bertz CT molecular complexity index is 407. The largest absolute Gasteiger partial charge is 0.510 e. The van der Waals surface area contributed by atoms with Gasteiger partial charge in [-0.2, -0.15) is 13.2 Å². The van der Waals surface area contributed by atoms with Crippen molar-refractivity contribution in [3.05, 3.63) is 30.3 Å². The zero-order valence-corrected chi connectivity index (χ0v) is 9.12. The number of thioether (sulfide) groups is 1. The molecule has 0 unspecified atom stereocenters. The summed E-state index contributed by atoms with van der Waals surface area (Å²) in [6, 6.07) is 8.36. The lowest BCUT2D eigenvalue weighted by Gasteiger charge is -2.17. The number of hydrogen-bond donors (Lipinski definition) is 0. The second-order valence-corrected chi connectivity index (χ2v) is 4.42. The number of ether oxygens (including phenoxy) is 2. The summed E-state index contributed by atoms with van der Waals surface area (Å²) in [5, 5.41) is 0. The SMILES string of the molecule is O=C1O[C@H](Sc2ccccc2)[C@@H](C(F)(F)F)O1. The number of halogens is 3. The third-order valence-electron chi connectivity index (χ3n) is 2.00. The Kier molecular flexibility index (Phi) is 3.19. The Hall–Kier alpha value is -1.37. The van der Waals surface area contributed by atoms with Gasteiger partial charge in [-0.3, -0.25) is 0 Å². The molecular weight excluding hydrogens is 257 g/mol. The number of benzene rings is 1. The van der Waals surface area contributed by atoms with Gasteiger partial charge in [0.2, 0.25) is 11.5 Å². The molecule has 1 aliphatic heterocycles. The minimum absolute atomic E-state index is 0.574. The van der Waals surface area contributed by atoms with E-state index in [-0.39, 0.29) is 0 Å². The van der Waals surface area contributed by atoms with Gasteiger partial charge in [-0.05, 0) is 12.1 Å². The van der Waals surface area contributed by atoms with Crippen molar-refractivity contribution in [3.8, 4) is 0 Å². The molecule has 0 aliphatic carbocycles. The molecule has 1 aromatic carbocycles. The second kappa shape index (κ2) is 4.48. The first kappa shape index (κ1) is 12.1. The van der Waals surface area contributed by atoms with Gasteiger partial charge < -0.3 is 9.47 Å². The summed E-state index contributed by atoms with van der Waals surface area (Å²) in [5.74, 6) is 0. The van der Waals surface area contributed by atoms with E-state index < -0.39 is 23.9 Å². The molecule has 17 heavy (non-hydrogen) atoms. The average molecular weight is 264 g/mol. The van der Waals surface area contributed by atoms with Crippen LogP contribution in [-0.2, 0) is 9.47 Å². The molecule has 1 saturated heterocycles. The van der Waals surface area contributed by atoms with Crippen molar-refractivity contribution in [2.24, 2.45) is 0 Å². The predicted molar refractivity (Wildman–Crippen MR) is 53.5 cm³/mol. The maximum atomic E-state index is 12.5. The molecular formula is C10H7F3O3S. The van der Waals surface area contributed by atoms with E-state index >= 15 is 0 Å². The highest BCUT2D eigenvalue weighted by Gasteiger charge is 2.54. The number of carbonyl (C=O) groups is 1. The molecule has 0 bridgehead atoms. The molecule has 7 heteroatoms. The summed E-state index contributed by atoms with van der Waals surface area (Å²) < 4.78 is 46.1. The van der Waals surface area contributed by atoms with Crippen LogP contribution in [-0.4, -0.2) is 23.9 Å². The molecule has 2 rings (SSSR count). The Morgan fingerprint density at radius 2 is 1.76 bits per heavy atom. The summed E-state index contributed by atoms with van der Waals surface area (Å²) >= 11 is 0.802. The lowest BCUT2D eigenvalue weighted by atomic mass is 10.4. The van der Waals surface area contributed by atoms with Crippen LogP contribution in [0.1, 0.15) is 0 Å². The van der Waals surface area contributed by atoms with Crippen LogP contribution in [0, 0.1) is 0 Å². The van der Waals surface area contributed by atoms with Crippen molar-refractivity contribution >= 4 is 17.9 Å². The molecule has 92 valence electrons. The number of rotatable bonds is 2. The number of cyclic esters (lactones) is 2. The molecule has 0 saturated carbocycles. The zero-order chi connectivity index (χ0) is 12.5. The molecule has 0 amide bonds. The number of alkyl halides is 3. The van der Waals surface area contributed by atoms with Gasteiger partial charge in [0.05, 0.1) is 0 Å². The van der Waals surface area contributed by atoms with Crippen LogP contribution >= 0.6 is 11.8 Å². The van der Waals surface area contributed by atoms with E-state index in [0.29, 0.717) is 4.90 Å². The Labute approximate surface area is 98.9 Å². The first-order valence-electron chi connectivity index (χ1n) is 4.62. The van der Waals surface area contributed by atoms with E-state index in [4.69, 9.17) is 0 Å². The third-order valence-corrected chi connectivity index (χ3v) is 3.12. The third kappa shape index (κ3) is 2.85. The highest BCUT2D eigenvalue weighted by molar-refractivity contribution is 7.99. The highest BCUT2D eigenvalue weighted by Crippen LogP contribution is 2.39. The van der Waals surface area contributed by atoms with Crippen molar-refractivity contribution < 1.29 is 27.4 Å². The van der Waals surface area contributed by atoms with Gasteiger partial charge in [-0.1, -0.05) is 30.0 Å². The molecule has 0 spiro atoms. The zero-order valence-electron chi connectivity index (χ0n) is 8.31. The molecule has 3 nitrogen and oxygen atoms in total. The van der Waals surface area contributed by atoms with Gasteiger partial charge in [-0.25, -0.2) is 4.79 Å². The molecule has 1 aliphatic rings.